The fraction of sp³-hybridized carbons (Fsp3) is 0.581. The first-order chi connectivity index (χ1) is 20.6. The Morgan fingerprint density at radius 1 is 1.09 bits per heavy atom. The lowest BCUT2D eigenvalue weighted by Crippen LogP contribution is -2.45. The van der Waals surface area contributed by atoms with Gasteiger partial charge in [0.05, 0.1) is 12.7 Å². The van der Waals surface area contributed by atoms with E-state index in [0.29, 0.717) is 31.5 Å². The zero-order valence-corrected chi connectivity index (χ0v) is 28.2. The highest BCUT2D eigenvalue weighted by atomic mass is 32.2. The Hall–Kier alpha value is -3.81. The molecule has 2 aromatic heterocycles. The number of hydrogen-bond acceptors (Lipinski definition) is 10. The first-order valence-corrected chi connectivity index (χ1v) is 16.2. The highest BCUT2D eigenvalue weighted by Crippen LogP contribution is 2.36. The van der Waals surface area contributed by atoms with Gasteiger partial charge >= 0.3 is 12.1 Å². The van der Waals surface area contributed by atoms with Gasteiger partial charge < -0.3 is 19.7 Å². The van der Waals surface area contributed by atoms with Crippen molar-refractivity contribution in [3.05, 3.63) is 47.5 Å². The first-order valence-electron chi connectivity index (χ1n) is 14.7. The van der Waals surface area contributed by atoms with Gasteiger partial charge in [-0.3, -0.25) is 4.79 Å². The summed E-state index contributed by atoms with van der Waals surface area (Å²) in [6, 6.07) is 5.78. The fourth-order valence-corrected chi connectivity index (χ4v) is 6.02. The molecule has 2 atom stereocenters. The van der Waals surface area contributed by atoms with Gasteiger partial charge in [0, 0.05) is 23.2 Å². The number of pyridine rings is 2. The molecule has 0 spiro atoms. The molecule has 2 N–H and O–H groups in total. The van der Waals surface area contributed by atoms with Crippen LogP contribution in [0.25, 0.3) is 0 Å². The van der Waals surface area contributed by atoms with Gasteiger partial charge in [0.25, 0.3) is 15.9 Å². The van der Waals surface area contributed by atoms with Crippen molar-refractivity contribution < 1.29 is 36.7 Å². The third kappa shape index (κ3) is 9.35. The number of anilines is 1. The molecule has 2 amide bonds. The zero-order valence-electron chi connectivity index (χ0n) is 27.4. The topological polar surface area (TPSA) is 157 Å². The molecule has 1 aliphatic rings. The minimum atomic E-state index is -4.52. The zero-order chi connectivity index (χ0) is 34.0. The van der Waals surface area contributed by atoms with Crippen molar-refractivity contribution in [3.63, 3.8) is 0 Å². The van der Waals surface area contributed by atoms with Gasteiger partial charge in [-0.2, -0.15) is 12.8 Å². The molecular weight excluding hydrogens is 605 g/mol. The third-order valence-corrected chi connectivity index (χ3v) is 8.56. The quantitative estimate of drug-likeness (QED) is 0.286. The smallest absolute Gasteiger partial charge is 0.410 e. The van der Waals surface area contributed by atoms with Crippen molar-refractivity contribution in [1.82, 2.24) is 19.6 Å². The minimum absolute atomic E-state index is 0.0465. The van der Waals surface area contributed by atoms with Crippen molar-refractivity contribution in [1.29, 1.82) is 0 Å². The van der Waals surface area contributed by atoms with Gasteiger partial charge in [-0.15, -0.1) is 0 Å². The predicted octanol–water partition coefficient (Wildman–Crippen LogP) is 4.80. The number of carbonyl (C=O) groups excluding carboxylic acids is 3. The van der Waals surface area contributed by atoms with Gasteiger partial charge in [0.15, 0.2) is 5.03 Å². The van der Waals surface area contributed by atoms with E-state index in [-0.39, 0.29) is 11.7 Å². The number of esters is 1. The predicted molar refractivity (Wildman–Crippen MR) is 166 cm³/mol. The largest absolute Gasteiger partial charge is 0.467 e. The van der Waals surface area contributed by atoms with Gasteiger partial charge in [0.1, 0.15) is 17.5 Å². The van der Waals surface area contributed by atoms with Crippen molar-refractivity contribution in [2.24, 2.45) is 5.92 Å². The number of aromatic nitrogens is 2. The molecule has 2 aromatic rings. The van der Waals surface area contributed by atoms with Crippen LogP contribution in [-0.2, 0) is 29.7 Å². The average Bonchev–Trinajstić information content (AvgIpc) is 3.23. The van der Waals surface area contributed by atoms with Crippen LogP contribution in [0.2, 0.25) is 0 Å². The summed E-state index contributed by atoms with van der Waals surface area (Å²) >= 11 is 0. The number of amides is 2. The number of halogens is 1. The molecule has 45 heavy (non-hydrogen) atoms. The summed E-state index contributed by atoms with van der Waals surface area (Å²) in [5.41, 5.74) is -1.68. The molecule has 3 rings (SSSR count). The maximum Gasteiger partial charge on any atom is 0.410 e. The number of methoxy groups -OCH3 is 1. The van der Waals surface area contributed by atoms with Crippen LogP contribution in [0.1, 0.15) is 90.7 Å². The number of ether oxygens (including phenoxy) is 2. The van der Waals surface area contributed by atoms with E-state index in [2.05, 4.69) is 15.3 Å². The maximum atomic E-state index is 14.6. The maximum absolute atomic E-state index is 14.6. The summed E-state index contributed by atoms with van der Waals surface area (Å²) in [7, 11) is -3.28. The summed E-state index contributed by atoms with van der Waals surface area (Å²) in [4.78, 5) is 47.7. The third-order valence-electron chi connectivity index (χ3n) is 7.33. The summed E-state index contributed by atoms with van der Waals surface area (Å²) in [6.07, 6.45) is 1.16. The van der Waals surface area contributed by atoms with Crippen LogP contribution in [0.4, 0.5) is 15.0 Å². The van der Waals surface area contributed by atoms with Crippen LogP contribution in [-0.4, -0.2) is 72.1 Å². The fourth-order valence-electron chi connectivity index (χ4n) is 5.09. The van der Waals surface area contributed by atoms with Crippen LogP contribution >= 0.6 is 0 Å². The molecule has 3 heterocycles. The minimum Gasteiger partial charge on any atom is -0.467 e. The molecule has 1 fully saturated rings. The van der Waals surface area contributed by atoms with Gasteiger partial charge in [-0.05, 0) is 84.1 Å². The monoisotopic (exact) mass is 649 g/mol. The number of likely N-dealkylation sites (tertiary alicyclic amines) is 1. The number of nitrogens with one attached hydrogen (secondary N) is 2. The number of nitrogens with zero attached hydrogens (tertiary/aromatic N) is 3. The molecule has 0 aliphatic carbocycles. The van der Waals surface area contributed by atoms with E-state index >= 15 is 0 Å². The molecule has 1 aliphatic heterocycles. The normalized spacial score (nSPS) is 17.4. The molecule has 248 valence electrons. The molecule has 0 radical (unpaired) electrons. The van der Waals surface area contributed by atoms with Crippen molar-refractivity contribution >= 4 is 33.8 Å². The summed E-state index contributed by atoms with van der Waals surface area (Å²) in [5.74, 6) is -2.76. The molecule has 0 bridgehead atoms. The molecule has 0 saturated carbocycles. The number of hydrogen-bond donors (Lipinski definition) is 2. The Morgan fingerprint density at radius 3 is 2.33 bits per heavy atom. The van der Waals surface area contributed by atoms with Crippen LogP contribution in [0, 0.1) is 11.9 Å². The van der Waals surface area contributed by atoms with Crippen molar-refractivity contribution in [2.75, 3.05) is 19.0 Å². The second-order valence-electron chi connectivity index (χ2n) is 13.9. The van der Waals surface area contributed by atoms with Gasteiger partial charge in [-0.25, -0.2) is 24.3 Å². The Labute approximate surface area is 264 Å². The lowest BCUT2D eigenvalue weighted by molar-refractivity contribution is -0.141. The number of carbonyl (C=O) groups is 3. The summed E-state index contributed by atoms with van der Waals surface area (Å²) < 4.78 is 53.0. The standard InChI is InChI=1S/C31H44FN5O7S/c1-29(2,3)22-16-14-20(25(32)34-22)26(38)36-45(41,42)24-12-10-11-23(35-24)33-21(27(39)43-9)15-13-19-17-31(7,8)37(18-19)28(40)44-30(4,5)6/h10-12,14,16,19,21H,13,15,17-18H2,1-9H3,(H,33,35)(H,36,38)/t19-,21?/m0/s1. The van der Waals surface area contributed by atoms with E-state index in [1.54, 1.807) is 4.90 Å². The second kappa shape index (κ2) is 13.3. The summed E-state index contributed by atoms with van der Waals surface area (Å²) in [5, 5.41) is 2.41. The highest BCUT2D eigenvalue weighted by molar-refractivity contribution is 7.90. The van der Waals surface area contributed by atoms with Gasteiger partial charge in [-0.1, -0.05) is 26.8 Å². The van der Waals surface area contributed by atoms with E-state index < -0.39 is 67.1 Å². The van der Waals surface area contributed by atoms with Crippen LogP contribution in [0.15, 0.2) is 35.4 Å². The number of sulfonamides is 1. The van der Waals surface area contributed by atoms with E-state index in [1.807, 2.05) is 60.1 Å². The van der Waals surface area contributed by atoms with Crippen LogP contribution in [0.3, 0.4) is 0 Å². The average molecular weight is 650 g/mol. The van der Waals surface area contributed by atoms with Crippen molar-refractivity contribution in [3.8, 4) is 0 Å². The van der Waals surface area contributed by atoms with Gasteiger partial charge in [0.2, 0.25) is 5.95 Å². The van der Waals surface area contributed by atoms with E-state index in [4.69, 9.17) is 9.47 Å². The molecular formula is C31H44FN5O7S. The van der Waals surface area contributed by atoms with Crippen LogP contribution < -0.4 is 10.0 Å². The Bertz CT molecular complexity index is 1530. The Balaban J connectivity index is 1.71. The van der Waals surface area contributed by atoms with Crippen molar-refractivity contribution in [2.45, 2.75) is 102 Å². The SMILES string of the molecule is COC(=O)C(CC[C@@H]1CN(C(=O)OC(C)(C)C)C(C)(C)C1)Nc1cccc(S(=O)(=O)NC(=O)c2ccc(C(C)(C)C)nc2F)n1. The van der Waals surface area contributed by atoms with E-state index in [0.717, 1.165) is 6.07 Å². The lowest BCUT2D eigenvalue weighted by atomic mass is 9.91. The second-order valence-corrected chi connectivity index (χ2v) is 15.5. The molecule has 1 unspecified atom stereocenters. The highest BCUT2D eigenvalue weighted by Gasteiger charge is 2.43. The molecule has 0 aromatic carbocycles. The molecule has 1 saturated heterocycles. The summed E-state index contributed by atoms with van der Waals surface area (Å²) in [6.45, 7) is 15.3. The molecule has 12 nitrogen and oxygen atoms in total. The van der Waals surface area contributed by atoms with E-state index in [1.165, 1.54) is 31.4 Å². The Morgan fingerprint density at radius 2 is 1.76 bits per heavy atom. The Kier molecular flexibility index (Phi) is 10.5. The molecule has 14 heteroatoms. The lowest BCUT2D eigenvalue weighted by Gasteiger charge is -2.33. The first kappa shape index (κ1) is 35.7. The number of rotatable bonds is 9. The van der Waals surface area contributed by atoms with E-state index in [9.17, 15) is 27.2 Å². The van der Waals surface area contributed by atoms with Crippen LogP contribution in [0.5, 0.6) is 0 Å².